The Morgan fingerprint density at radius 3 is 2.68 bits per heavy atom. The van der Waals surface area contributed by atoms with Crippen LogP contribution < -0.4 is 20.1 Å². The maximum absolute atomic E-state index is 5.35. The Hall–Kier alpha value is -2.57. The van der Waals surface area contributed by atoms with Gasteiger partial charge in [-0.2, -0.15) is 10.1 Å². The van der Waals surface area contributed by atoms with Crippen molar-refractivity contribution in [3.8, 4) is 11.5 Å². The lowest BCUT2D eigenvalue weighted by molar-refractivity contribution is 0.395. The van der Waals surface area contributed by atoms with Gasteiger partial charge in [-0.25, -0.2) is 0 Å². The van der Waals surface area contributed by atoms with Crippen LogP contribution in [0.1, 0.15) is 13.8 Å². The second-order valence-corrected chi connectivity index (χ2v) is 5.13. The van der Waals surface area contributed by atoms with Crippen molar-refractivity contribution in [3.05, 3.63) is 24.4 Å². The first kappa shape index (κ1) is 15.8. The van der Waals surface area contributed by atoms with Gasteiger partial charge >= 0.3 is 0 Å². The van der Waals surface area contributed by atoms with Crippen LogP contribution >= 0.6 is 0 Å². The van der Waals surface area contributed by atoms with Gasteiger partial charge in [0.15, 0.2) is 5.82 Å². The van der Waals surface area contributed by atoms with Crippen molar-refractivity contribution in [3.63, 3.8) is 0 Å². The number of rotatable bonds is 7. The fourth-order valence-electron chi connectivity index (χ4n) is 1.77. The standard InChI is InChI=1S/C15H21N5O2/c1-10(2)8-16-15-19-14(9-17-20-15)18-12-6-5-11(21-3)7-13(12)22-4/h5-7,9-10H,8H2,1-4H3,(H2,16,18,19,20). The number of benzene rings is 1. The van der Waals surface area contributed by atoms with Gasteiger partial charge in [0, 0.05) is 12.6 Å². The lowest BCUT2D eigenvalue weighted by Gasteiger charge is -2.12. The molecule has 0 amide bonds. The Labute approximate surface area is 130 Å². The molecule has 0 unspecified atom stereocenters. The molecule has 0 atom stereocenters. The van der Waals surface area contributed by atoms with Gasteiger partial charge in [-0.1, -0.05) is 13.8 Å². The number of anilines is 3. The van der Waals surface area contributed by atoms with Crippen molar-refractivity contribution < 1.29 is 9.47 Å². The third kappa shape index (κ3) is 4.21. The Morgan fingerprint density at radius 1 is 1.18 bits per heavy atom. The highest BCUT2D eigenvalue weighted by Gasteiger charge is 2.07. The fraction of sp³-hybridized carbons (Fsp3) is 0.400. The summed E-state index contributed by atoms with van der Waals surface area (Å²) < 4.78 is 10.5. The maximum atomic E-state index is 5.35. The summed E-state index contributed by atoms with van der Waals surface area (Å²) in [5.74, 6) is 2.97. The molecule has 22 heavy (non-hydrogen) atoms. The van der Waals surface area contributed by atoms with E-state index in [0.717, 1.165) is 18.0 Å². The van der Waals surface area contributed by atoms with E-state index in [9.17, 15) is 0 Å². The minimum atomic E-state index is 0.492. The summed E-state index contributed by atoms with van der Waals surface area (Å²) in [5.41, 5.74) is 0.776. The average molecular weight is 303 g/mol. The first-order valence-electron chi connectivity index (χ1n) is 7.05. The largest absolute Gasteiger partial charge is 0.497 e. The normalized spacial score (nSPS) is 10.4. The highest BCUT2D eigenvalue weighted by Crippen LogP contribution is 2.30. The molecule has 1 aromatic carbocycles. The molecule has 0 saturated carbocycles. The van der Waals surface area contributed by atoms with Crippen LogP contribution in [0.15, 0.2) is 24.4 Å². The molecule has 7 heteroatoms. The van der Waals surface area contributed by atoms with Crippen LogP contribution in [0.3, 0.4) is 0 Å². The summed E-state index contributed by atoms with van der Waals surface area (Å²) in [6.07, 6.45) is 1.56. The Bertz CT molecular complexity index is 619. The van der Waals surface area contributed by atoms with E-state index < -0.39 is 0 Å². The van der Waals surface area contributed by atoms with Gasteiger partial charge in [0.05, 0.1) is 26.1 Å². The predicted octanol–water partition coefficient (Wildman–Crippen LogP) is 2.70. The van der Waals surface area contributed by atoms with Gasteiger partial charge in [-0.05, 0) is 18.1 Å². The molecule has 1 heterocycles. The van der Waals surface area contributed by atoms with E-state index in [1.807, 2.05) is 12.1 Å². The Kier molecular flexibility index (Phi) is 5.35. The minimum absolute atomic E-state index is 0.492. The van der Waals surface area contributed by atoms with E-state index in [-0.39, 0.29) is 0 Å². The predicted molar refractivity (Wildman–Crippen MR) is 86.0 cm³/mol. The Balaban J connectivity index is 2.15. The SMILES string of the molecule is COc1ccc(Nc2cnnc(NCC(C)C)n2)c(OC)c1. The van der Waals surface area contributed by atoms with Crippen LogP contribution in [-0.2, 0) is 0 Å². The van der Waals surface area contributed by atoms with Crippen LogP contribution in [0, 0.1) is 5.92 Å². The molecule has 1 aromatic heterocycles. The summed E-state index contributed by atoms with van der Waals surface area (Å²) in [6, 6.07) is 5.51. The van der Waals surface area contributed by atoms with Crippen LogP contribution in [0.2, 0.25) is 0 Å². The molecule has 0 saturated heterocycles. The van der Waals surface area contributed by atoms with E-state index in [1.165, 1.54) is 0 Å². The van der Waals surface area contributed by atoms with Crippen LogP contribution in [-0.4, -0.2) is 35.9 Å². The number of hydrogen-bond acceptors (Lipinski definition) is 7. The number of methoxy groups -OCH3 is 2. The van der Waals surface area contributed by atoms with Crippen molar-refractivity contribution >= 4 is 17.5 Å². The summed E-state index contributed by atoms with van der Waals surface area (Å²) in [7, 11) is 3.22. The summed E-state index contributed by atoms with van der Waals surface area (Å²) in [4.78, 5) is 4.38. The van der Waals surface area contributed by atoms with Crippen molar-refractivity contribution in [1.29, 1.82) is 0 Å². The van der Waals surface area contributed by atoms with Gasteiger partial charge in [0.2, 0.25) is 5.95 Å². The second-order valence-electron chi connectivity index (χ2n) is 5.13. The highest BCUT2D eigenvalue weighted by atomic mass is 16.5. The van der Waals surface area contributed by atoms with Crippen LogP contribution in [0.4, 0.5) is 17.5 Å². The van der Waals surface area contributed by atoms with Crippen LogP contribution in [0.25, 0.3) is 0 Å². The third-order valence-electron chi connectivity index (χ3n) is 2.90. The molecule has 118 valence electrons. The lowest BCUT2D eigenvalue weighted by Crippen LogP contribution is -2.11. The summed E-state index contributed by atoms with van der Waals surface area (Å²) in [5, 5.41) is 14.2. The zero-order valence-electron chi connectivity index (χ0n) is 13.3. The number of nitrogens with zero attached hydrogens (tertiary/aromatic N) is 3. The van der Waals surface area contributed by atoms with Gasteiger partial charge in [0.1, 0.15) is 11.5 Å². The molecule has 0 bridgehead atoms. The smallest absolute Gasteiger partial charge is 0.244 e. The van der Waals surface area contributed by atoms with Gasteiger partial charge < -0.3 is 20.1 Å². The van der Waals surface area contributed by atoms with Crippen molar-refractivity contribution in [2.24, 2.45) is 5.92 Å². The second kappa shape index (κ2) is 7.44. The molecule has 0 radical (unpaired) electrons. The topological polar surface area (TPSA) is 81.2 Å². The quantitative estimate of drug-likeness (QED) is 0.813. The molecule has 2 rings (SSSR count). The van der Waals surface area contributed by atoms with Gasteiger partial charge in [-0.15, -0.1) is 5.10 Å². The van der Waals surface area contributed by atoms with E-state index in [4.69, 9.17) is 9.47 Å². The number of ether oxygens (including phenoxy) is 2. The van der Waals surface area contributed by atoms with E-state index in [1.54, 1.807) is 26.5 Å². The van der Waals surface area contributed by atoms with E-state index in [0.29, 0.717) is 23.4 Å². The molecule has 0 aliphatic rings. The number of aromatic nitrogens is 3. The molecule has 0 spiro atoms. The molecule has 0 fully saturated rings. The van der Waals surface area contributed by atoms with E-state index >= 15 is 0 Å². The molecule has 0 aliphatic carbocycles. The lowest BCUT2D eigenvalue weighted by atomic mass is 10.2. The first-order chi connectivity index (χ1) is 10.6. The number of hydrogen-bond donors (Lipinski definition) is 2. The first-order valence-corrected chi connectivity index (χ1v) is 7.05. The summed E-state index contributed by atoms with van der Waals surface area (Å²) >= 11 is 0. The van der Waals surface area contributed by atoms with Crippen molar-refractivity contribution in [2.45, 2.75) is 13.8 Å². The molecular weight excluding hydrogens is 282 g/mol. The summed E-state index contributed by atoms with van der Waals surface area (Å²) in [6.45, 7) is 5.02. The molecule has 0 aliphatic heterocycles. The molecule has 7 nitrogen and oxygen atoms in total. The molecular formula is C15H21N5O2. The third-order valence-corrected chi connectivity index (χ3v) is 2.90. The maximum Gasteiger partial charge on any atom is 0.244 e. The van der Waals surface area contributed by atoms with Gasteiger partial charge in [0.25, 0.3) is 0 Å². The fourth-order valence-corrected chi connectivity index (χ4v) is 1.77. The van der Waals surface area contributed by atoms with Crippen LogP contribution in [0.5, 0.6) is 11.5 Å². The highest BCUT2D eigenvalue weighted by molar-refractivity contribution is 5.65. The molecule has 2 N–H and O–H groups in total. The van der Waals surface area contributed by atoms with Crippen molar-refractivity contribution in [1.82, 2.24) is 15.2 Å². The van der Waals surface area contributed by atoms with Gasteiger partial charge in [-0.3, -0.25) is 0 Å². The average Bonchev–Trinajstić information content (AvgIpc) is 2.53. The zero-order valence-corrected chi connectivity index (χ0v) is 13.3. The molecule has 2 aromatic rings. The monoisotopic (exact) mass is 303 g/mol. The number of nitrogens with one attached hydrogen (secondary N) is 2. The van der Waals surface area contributed by atoms with E-state index in [2.05, 4.69) is 39.7 Å². The Morgan fingerprint density at radius 2 is 2.00 bits per heavy atom. The minimum Gasteiger partial charge on any atom is -0.497 e. The van der Waals surface area contributed by atoms with Crippen molar-refractivity contribution in [2.75, 3.05) is 31.4 Å². The zero-order chi connectivity index (χ0) is 15.9.